The number of hydrogen-bond acceptors (Lipinski definition) is 5. The van der Waals surface area contributed by atoms with Crippen LogP contribution in [0.5, 0.6) is 11.5 Å². The van der Waals surface area contributed by atoms with Gasteiger partial charge in [0.2, 0.25) is 0 Å². The second-order valence-corrected chi connectivity index (χ2v) is 4.91. The lowest BCUT2D eigenvalue weighted by Crippen LogP contribution is -2.17. The molecule has 0 aliphatic carbocycles. The van der Waals surface area contributed by atoms with E-state index in [0.717, 1.165) is 35.9 Å². The van der Waals surface area contributed by atoms with Crippen molar-refractivity contribution < 1.29 is 9.47 Å². The van der Waals surface area contributed by atoms with Crippen LogP contribution in [-0.2, 0) is 0 Å². The zero-order valence-electron chi connectivity index (χ0n) is 11.5. The molecule has 0 fully saturated rings. The number of hydrazone groups is 1. The van der Waals surface area contributed by atoms with E-state index in [1.165, 1.54) is 19.3 Å². The molecule has 2 aliphatic rings. The summed E-state index contributed by atoms with van der Waals surface area (Å²) in [6.45, 7) is 2.12. The van der Waals surface area contributed by atoms with E-state index in [0.29, 0.717) is 13.2 Å². The van der Waals surface area contributed by atoms with Gasteiger partial charge in [0.25, 0.3) is 0 Å². The molecule has 5 heteroatoms. The van der Waals surface area contributed by atoms with Crippen LogP contribution < -0.4 is 14.9 Å². The quantitative estimate of drug-likeness (QED) is 0.664. The van der Waals surface area contributed by atoms with Crippen LogP contribution in [0.15, 0.2) is 28.3 Å². The molecule has 0 saturated carbocycles. The Morgan fingerprint density at radius 3 is 2.95 bits per heavy atom. The first-order valence-electron chi connectivity index (χ1n) is 7.14. The van der Waals surface area contributed by atoms with E-state index < -0.39 is 0 Å². The third-order valence-corrected chi connectivity index (χ3v) is 3.35. The topological polar surface area (TPSA) is 55.2 Å². The van der Waals surface area contributed by atoms with Crippen molar-refractivity contribution in [1.82, 2.24) is 5.43 Å². The molecule has 2 heterocycles. The van der Waals surface area contributed by atoms with Gasteiger partial charge in [-0.1, -0.05) is 6.42 Å². The molecule has 1 N–H and O–H groups in total. The van der Waals surface area contributed by atoms with Gasteiger partial charge in [-0.15, -0.1) is 0 Å². The number of hydrogen-bond donors (Lipinski definition) is 1. The Hall–Kier alpha value is -2.04. The minimum Gasteiger partial charge on any atom is -0.486 e. The van der Waals surface area contributed by atoms with Gasteiger partial charge in [-0.25, -0.2) is 0 Å². The highest BCUT2D eigenvalue weighted by Gasteiger charge is 2.10. The Labute approximate surface area is 118 Å². The third kappa shape index (κ3) is 3.29. The van der Waals surface area contributed by atoms with Gasteiger partial charge in [-0.3, -0.25) is 10.4 Å². The molecular weight excluding hydrogens is 254 g/mol. The zero-order valence-corrected chi connectivity index (χ0v) is 11.5. The van der Waals surface area contributed by atoms with Crippen LogP contribution in [0.2, 0.25) is 0 Å². The maximum Gasteiger partial charge on any atom is 0.162 e. The predicted molar refractivity (Wildman–Crippen MR) is 78.9 cm³/mol. The summed E-state index contributed by atoms with van der Waals surface area (Å²) < 4.78 is 11.0. The van der Waals surface area contributed by atoms with Crippen molar-refractivity contribution in [1.29, 1.82) is 0 Å². The fourth-order valence-electron chi connectivity index (χ4n) is 2.29. The van der Waals surface area contributed by atoms with Crippen LogP contribution in [0.1, 0.15) is 31.2 Å². The van der Waals surface area contributed by atoms with Crippen molar-refractivity contribution in [2.75, 3.05) is 19.8 Å². The highest BCUT2D eigenvalue weighted by atomic mass is 16.6. The van der Waals surface area contributed by atoms with Gasteiger partial charge in [0.1, 0.15) is 19.0 Å². The second-order valence-electron chi connectivity index (χ2n) is 4.91. The monoisotopic (exact) mass is 273 g/mol. The van der Waals surface area contributed by atoms with Crippen LogP contribution in [0, 0.1) is 0 Å². The largest absolute Gasteiger partial charge is 0.486 e. The van der Waals surface area contributed by atoms with Crippen molar-refractivity contribution in [3.63, 3.8) is 0 Å². The lowest BCUT2D eigenvalue weighted by molar-refractivity contribution is 0.171. The molecule has 3 rings (SSSR count). The van der Waals surface area contributed by atoms with Gasteiger partial charge in [0, 0.05) is 13.0 Å². The first-order valence-corrected chi connectivity index (χ1v) is 7.14. The number of aliphatic imine (C=N–C) groups is 1. The number of benzene rings is 1. The Bertz CT molecular complexity index is 526. The molecule has 1 aromatic carbocycles. The van der Waals surface area contributed by atoms with Gasteiger partial charge in [-0.2, -0.15) is 5.10 Å². The second kappa shape index (κ2) is 6.41. The summed E-state index contributed by atoms with van der Waals surface area (Å²) >= 11 is 0. The van der Waals surface area contributed by atoms with Crippen LogP contribution in [0.3, 0.4) is 0 Å². The fraction of sp³-hybridized carbons (Fsp3) is 0.467. The average Bonchev–Trinajstić information content (AvgIpc) is 2.76. The summed E-state index contributed by atoms with van der Waals surface area (Å²) in [5.41, 5.74) is 4.02. The number of fused-ring (bicyclic) bond motifs is 1. The molecule has 0 saturated heterocycles. The summed E-state index contributed by atoms with van der Waals surface area (Å²) in [6, 6.07) is 5.82. The Morgan fingerprint density at radius 1 is 1.10 bits per heavy atom. The predicted octanol–water partition coefficient (Wildman–Crippen LogP) is 2.35. The first kappa shape index (κ1) is 13.0. The molecule has 0 aromatic heterocycles. The number of nitrogens with one attached hydrogen (secondary N) is 1. The molecule has 106 valence electrons. The number of amidine groups is 1. The van der Waals surface area contributed by atoms with E-state index in [4.69, 9.17) is 9.47 Å². The van der Waals surface area contributed by atoms with Crippen molar-refractivity contribution >= 4 is 12.1 Å². The minimum absolute atomic E-state index is 0.600. The summed E-state index contributed by atoms with van der Waals surface area (Å²) in [7, 11) is 0. The Kier molecular flexibility index (Phi) is 4.16. The van der Waals surface area contributed by atoms with Crippen molar-refractivity contribution in [3.8, 4) is 11.5 Å². The van der Waals surface area contributed by atoms with Crippen LogP contribution in [-0.4, -0.2) is 31.8 Å². The summed E-state index contributed by atoms with van der Waals surface area (Å²) in [5, 5.41) is 4.25. The normalized spacial score (nSPS) is 18.5. The van der Waals surface area contributed by atoms with Gasteiger partial charge in [0.15, 0.2) is 11.5 Å². The Balaban J connectivity index is 1.62. The molecule has 0 bridgehead atoms. The molecule has 0 amide bonds. The molecule has 2 aliphatic heterocycles. The number of nitrogens with zero attached hydrogens (tertiary/aromatic N) is 2. The Morgan fingerprint density at radius 2 is 2.00 bits per heavy atom. The molecule has 0 atom stereocenters. The number of rotatable bonds is 2. The maximum absolute atomic E-state index is 5.55. The molecule has 0 radical (unpaired) electrons. The molecule has 20 heavy (non-hydrogen) atoms. The number of ether oxygens (including phenoxy) is 2. The minimum atomic E-state index is 0.600. The van der Waals surface area contributed by atoms with Crippen molar-refractivity contribution in [2.24, 2.45) is 10.1 Å². The lowest BCUT2D eigenvalue weighted by atomic mass is 10.2. The van der Waals surface area contributed by atoms with Gasteiger partial charge < -0.3 is 9.47 Å². The molecular formula is C15H19N3O2. The van der Waals surface area contributed by atoms with Gasteiger partial charge in [0.05, 0.1) is 6.21 Å². The van der Waals surface area contributed by atoms with E-state index in [1.807, 2.05) is 18.2 Å². The standard InChI is InChI=1S/C15H19N3O2/c1-2-4-15(16-7-3-1)18-17-11-12-5-6-13-14(10-12)20-9-8-19-13/h5-6,10-11H,1-4,7-9H2,(H,16,18)/b17-11+. The van der Waals surface area contributed by atoms with E-state index in [9.17, 15) is 0 Å². The van der Waals surface area contributed by atoms with Crippen molar-refractivity contribution in [3.05, 3.63) is 23.8 Å². The van der Waals surface area contributed by atoms with Gasteiger partial charge in [-0.05, 0) is 36.6 Å². The smallest absolute Gasteiger partial charge is 0.162 e. The van der Waals surface area contributed by atoms with Crippen LogP contribution in [0.25, 0.3) is 0 Å². The maximum atomic E-state index is 5.55. The summed E-state index contributed by atoms with van der Waals surface area (Å²) in [6.07, 6.45) is 6.38. The molecule has 1 aromatic rings. The SMILES string of the molecule is C(=N\NC1=NCCCCC1)/c1ccc2c(c1)OCCO2. The zero-order chi connectivity index (χ0) is 13.6. The molecule has 0 unspecified atom stereocenters. The van der Waals surface area contributed by atoms with E-state index >= 15 is 0 Å². The fourth-order valence-corrected chi connectivity index (χ4v) is 2.29. The van der Waals surface area contributed by atoms with E-state index in [1.54, 1.807) is 6.21 Å². The molecule has 0 spiro atoms. The van der Waals surface area contributed by atoms with Crippen LogP contribution >= 0.6 is 0 Å². The van der Waals surface area contributed by atoms with Crippen LogP contribution in [0.4, 0.5) is 0 Å². The first-order chi connectivity index (χ1) is 9.92. The average molecular weight is 273 g/mol. The highest BCUT2D eigenvalue weighted by molar-refractivity contribution is 5.85. The van der Waals surface area contributed by atoms with E-state index in [2.05, 4.69) is 15.5 Å². The van der Waals surface area contributed by atoms with Crippen molar-refractivity contribution in [2.45, 2.75) is 25.7 Å². The summed E-state index contributed by atoms with van der Waals surface area (Å²) in [5.74, 6) is 2.57. The highest BCUT2D eigenvalue weighted by Crippen LogP contribution is 2.30. The van der Waals surface area contributed by atoms with E-state index in [-0.39, 0.29) is 0 Å². The summed E-state index contributed by atoms with van der Waals surface area (Å²) in [4.78, 5) is 4.47. The third-order valence-electron chi connectivity index (χ3n) is 3.35. The lowest BCUT2D eigenvalue weighted by Gasteiger charge is -2.18. The molecule has 5 nitrogen and oxygen atoms in total. The van der Waals surface area contributed by atoms with Gasteiger partial charge >= 0.3 is 0 Å².